The molecule has 0 aliphatic carbocycles. The van der Waals surface area contributed by atoms with Crippen LogP contribution in [0.1, 0.15) is 18.9 Å². The Morgan fingerprint density at radius 3 is 2.69 bits per heavy atom. The van der Waals surface area contributed by atoms with Crippen LogP contribution in [0.25, 0.3) is 0 Å². The summed E-state index contributed by atoms with van der Waals surface area (Å²) in [5.41, 5.74) is 4.66. The second-order valence-corrected chi connectivity index (χ2v) is 9.11. The Balaban J connectivity index is 1.63. The maximum absolute atomic E-state index is 13.2. The summed E-state index contributed by atoms with van der Waals surface area (Å²) in [6, 6.07) is 10.1. The molecule has 7 nitrogen and oxygen atoms in total. The van der Waals surface area contributed by atoms with Gasteiger partial charge in [0, 0.05) is 18.8 Å². The number of carbonyl (C=O) groups is 1. The first kappa shape index (κ1) is 19.8. The third kappa shape index (κ3) is 3.85. The summed E-state index contributed by atoms with van der Waals surface area (Å²) in [4.78, 5) is 17.8. The minimum absolute atomic E-state index is 0.0317. The summed E-state index contributed by atoms with van der Waals surface area (Å²) in [5, 5.41) is 2.85. The van der Waals surface area contributed by atoms with Crippen LogP contribution in [0.4, 0.5) is 15.8 Å². The van der Waals surface area contributed by atoms with Gasteiger partial charge < -0.3 is 5.32 Å². The van der Waals surface area contributed by atoms with Gasteiger partial charge in [-0.2, -0.15) is 0 Å². The van der Waals surface area contributed by atoms with Crippen LogP contribution in [0, 0.1) is 11.7 Å². The fourth-order valence-corrected chi connectivity index (χ4v) is 5.19. The molecule has 2 aromatic carbocycles. The summed E-state index contributed by atoms with van der Waals surface area (Å²) in [5.74, 6) is -1.01. The molecular formula is C20H22FN3O4S. The number of fused-ring (bicyclic) bond motifs is 1. The quantitative estimate of drug-likeness (QED) is 0.795. The van der Waals surface area contributed by atoms with Crippen LogP contribution in [0.3, 0.4) is 0 Å². The number of hydroxylamine groups is 1. The maximum atomic E-state index is 13.2. The molecule has 0 bridgehead atoms. The number of nitrogens with one attached hydrogen (secondary N) is 2. The van der Waals surface area contributed by atoms with Gasteiger partial charge in [0.1, 0.15) is 5.82 Å². The van der Waals surface area contributed by atoms with Crippen LogP contribution in [0.2, 0.25) is 0 Å². The van der Waals surface area contributed by atoms with Gasteiger partial charge in [-0.05, 0) is 61.7 Å². The van der Waals surface area contributed by atoms with E-state index >= 15 is 0 Å². The largest absolute Gasteiger partial charge is 0.326 e. The smallest absolute Gasteiger partial charge is 0.264 e. The zero-order valence-corrected chi connectivity index (χ0v) is 16.7. The topological polar surface area (TPSA) is 87.7 Å². The lowest BCUT2D eigenvalue weighted by Gasteiger charge is -2.31. The molecular weight excluding hydrogens is 397 g/mol. The minimum Gasteiger partial charge on any atom is -0.326 e. The molecule has 0 radical (unpaired) electrons. The van der Waals surface area contributed by atoms with E-state index in [2.05, 4.69) is 10.8 Å². The molecule has 1 amide bonds. The number of carbonyl (C=O) groups excluding carboxylic acids is 1. The van der Waals surface area contributed by atoms with Crippen molar-refractivity contribution >= 4 is 27.3 Å². The van der Waals surface area contributed by atoms with E-state index in [1.165, 1.54) is 16.4 Å². The molecule has 2 N–H and O–H groups in total. The number of hydrogen-bond acceptors (Lipinski definition) is 5. The highest BCUT2D eigenvalue weighted by Crippen LogP contribution is 2.34. The number of sulfonamides is 1. The van der Waals surface area contributed by atoms with Gasteiger partial charge >= 0.3 is 0 Å². The SMILES string of the molecule is CC1ONCC1C(=O)Nc1ccc2c(c1)N(S(=O)(=O)c1ccc(F)cc1)CCC2. The second kappa shape index (κ2) is 7.74. The number of rotatable bonds is 4. The van der Waals surface area contributed by atoms with Crippen molar-refractivity contribution in [2.75, 3.05) is 22.7 Å². The third-order valence-corrected chi connectivity index (χ3v) is 7.13. The van der Waals surface area contributed by atoms with Crippen molar-refractivity contribution < 1.29 is 22.4 Å². The lowest BCUT2D eigenvalue weighted by molar-refractivity contribution is -0.121. The molecule has 154 valence electrons. The number of amides is 1. The van der Waals surface area contributed by atoms with E-state index in [0.717, 1.165) is 24.1 Å². The van der Waals surface area contributed by atoms with Gasteiger partial charge in [0.25, 0.3) is 10.0 Å². The Morgan fingerprint density at radius 2 is 2.00 bits per heavy atom. The van der Waals surface area contributed by atoms with E-state index in [1.54, 1.807) is 12.1 Å². The van der Waals surface area contributed by atoms with Crippen molar-refractivity contribution in [2.45, 2.75) is 30.8 Å². The lowest BCUT2D eigenvalue weighted by atomic mass is 10.0. The standard InChI is InChI=1S/C20H22FN3O4S/c1-13-18(12-22-28-13)20(25)23-16-7-4-14-3-2-10-24(19(14)11-16)29(26,27)17-8-5-15(21)6-9-17/h4-9,11,13,18,22H,2-3,10,12H2,1H3,(H,23,25). The van der Waals surface area contributed by atoms with Gasteiger partial charge in [0.05, 0.1) is 22.6 Å². The monoisotopic (exact) mass is 419 g/mol. The average Bonchev–Trinajstić information content (AvgIpc) is 3.14. The van der Waals surface area contributed by atoms with Crippen LogP contribution in [-0.2, 0) is 26.1 Å². The van der Waals surface area contributed by atoms with E-state index in [-0.39, 0.29) is 22.8 Å². The van der Waals surface area contributed by atoms with E-state index in [1.807, 2.05) is 13.0 Å². The average molecular weight is 419 g/mol. The van der Waals surface area contributed by atoms with E-state index in [0.29, 0.717) is 30.9 Å². The maximum Gasteiger partial charge on any atom is 0.264 e. The van der Waals surface area contributed by atoms with E-state index in [9.17, 15) is 17.6 Å². The predicted molar refractivity (Wildman–Crippen MR) is 106 cm³/mol. The van der Waals surface area contributed by atoms with Gasteiger partial charge in [-0.3, -0.25) is 13.9 Å². The number of halogens is 1. The highest BCUT2D eigenvalue weighted by Gasteiger charge is 2.32. The lowest BCUT2D eigenvalue weighted by Crippen LogP contribution is -2.35. The van der Waals surface area contributed by atoms with Crippen molar-refractivity contribution in [1.82, 2.24) is 5.48 Å². The summed E-state index contributed by atoms with van der Waals surface area (Å²) in [7, 11) is -3.84. The number of hydrogen-bond donors (Lipinski definition) is 2. The Morgan fingerprint density at radius 1 is 1.24 bits per heavy atom. The number of nitrogens with zero attached hydrogens (tertiary/aromatic N) is 1. The van der Waals surface area contributed by atoms with Crippen molar-refractivity contribution in [3.05, 3.63) is 53.8 Å². The summed E-state index contributed by atoms with van der Waals surface area (Å²) in [6.07, 6.45) is 1.18. The highest BCUT2D eigenvalue weighted by atomic mass is 32.2. The summed E-state index contributed by atoms with van der Waals surface area (Å²) < 4.78 is 40.8. The van der Waals surface area contributed by atoms with Crippen LogP contribution in [0.5, 0.6) is 0 Å². The summed E-state index contributed by atoms with van der Waals surface area (Å²) >= 11 is 0. The van der Waals surface area contributed by atoms with Crippen molar-refractivity contribution in [2.24, 2.45) is 5.92 Å². The first-order valence-electron chi connectivity index (χ1n) is 9.47. The minimum atomic E-state index is -3.84. The molecule has 2 heterocycles. The Bertz CT molecular complexity index is 1030. The molecule has 2 unspecified atom stereocenters. The molecule has 2 aromatic rings. The molecule has 0 aromatic heterocycles. The molecule has 29 heavy (non-hydrogen) atoms. The predicted octanol–water partition coefficient (Wildman–Crippen LogP) is 2.45. The molecule has 9 heteroatoms. The van der Waals surface area contributed by atoms with E-state index in [4.69, 9.17) is 4.84 Å². The van der Waals surface area contributed by atoms with Crippen molar-refractivity contribution in [3.8, 4) is 0 Å². The van der Waals surface area contributed by atoms with Gasteiger partial charge in [-0.15, -0.1) is 0 Å². The van der Waals surface area contributed by atoms with Gasteiger partial charge in [-0.1, -0.05) is 6.07 Å². The fraction of sp³-hybridized carbons (Fsp3) is 0.350. The van der Waals surface area contributed by atoms with Crippen molar-refractivity contribution in [3.63, 3.8) is 0 Å². The molecule has 1 fully saturated rings. The molecule has 4 rings (SSSR count). The third-order valence-electron chi connectivity index (χ3n) is 5.31. The first-order chi connectivity index (χ1) is 13.9. The van der Waals surface area contributed by atoms with Crippen LogP contribution < -0.4 is 15.1 Å². The second-order valence-electron chi connectivity index (χ2n) is 7.25. The Labute approximate surface area is 168 Å². The Kier molecular flexibility index (Phi) is 5.28. The summed E-state index contributed by atoms with van der Waals surface area (Å²) in [6.45, 7) is 2.55. The van der Waals surface area contributed by atoms with Gasteiger partial charge in [0.15, 0.2) is 0 Å². The number of aryl methyl sites for hydroxylation is 1. The van der Waals surface area contributed by atoms with E-state index < -0.39 is 15.8 Å². The van der Waals surface area contributed by atoms with Crippen LogP contribution in [-0.4, -0.2) is 33.5 Å². The zero-order valence-electron chi connectivity index (χ0n) is 15.9. The van der Waals surface area contributed by atoms with Crippen LogP contribution >= 0.6 is 0 Å². The first-order valence-corrected chi connectivity index (χ1v) is 10.9. The Hall–Kier alpha value is -2.49. The fourth-order valence-electron chi connectivity index (χ4n) is 3.66. The van der Waals surface area contributed by atoms with Gasteiger partial charge in [0.2, 0.25) is 5.91 Å². The number of benzene rings is 2. The normalized spacial score (nSPS) is 21.7. The van der Waals surface area contributed by atoms with Crippen LogP contribution in [0.15, 0.2) is 47.4 Å². The van der Waals surface area contributed by atoms with Gasteiger partial charge in [-0.25, -0.2) is 18.3 Å². The molecule has 0 saturated carbocycles. The molecule has 0 spiro atoms. The number of anilines is 2. The molecule has 2 aliphatic rings. The molecule has 1 saturated heterocycles. The van der Waals surface area contributed by atoms with Crippen molar-refractivity contribution in [1.29, 1.82) is 0 Å². The highest BCUT2D eigenvalue weighted by molar-refractivity contribution is 7.92. The zero-order chi connectivity index (χ0) is 20.6. The molecule has 2 atom stereocenters. The molecule has 2 aliphatic heterocycles.